The Bertz CT molecular complexity index is 922. The van der Waals surface area contributed by atoms with Gasteiger partial charge in [0.15, 0.2) is 0 Å². The van der Waals surface area contributed by atoms with E-state index in [1.54, 1.807) is 0 Å². The maximum atomic E-state index is 4.74. The number of hydrogen-bond acceptors (Lipinski definition) is 1. The van der Waals surface area contributed by atoms with Crippen molar-refractivity contribution in [3.63, 3.8) is 0 Å². The van der Waals surface area contributed by atoms with Gasteiger partial charge in [0, 0.05) is 11.8 Å². The molecule has 35 heavy (non-hydrogen) atoms. The highest BCUT2D eigenvalue weighted by Gasteiger charge is 2.03. The van der Waals surface area contributed by atoms with E-state index in [1.807, 2.05) is 0 Å². The topological polar surface area (TPSA) is 12.9 Å². The molecule has 1 heterocycles. The Labute approximate surface area is 215 Å². The number of rotatable bonds is 17. The lowest BCUT2D eigenvalue weighted by atomic mass is 9.99. The summed E-state index contributed by atoms with van der Waals surface area (Å²) in [7, 11) is 0. The maximum Gasteiger partial charge on any atom is 0.0702 e. The Morgan fingerprint density at radius 3 is 1.37 bits per heavy atom. The first kappa shape index (κ1) is 27.2. The molecule has 0 aliphatic heterocycles. The molecule has 0 aliphatic carbocycles. The number of aryl methyl sites for hydroxylation is 4. The van der Waals surface area contributed by atoms with Gasteiger partial charge in [-0.15, -0.1) is 0 Å². The number of aromatic nitrogens is 1. The minimum Gasteiger partial charge on any atom is -0.256 e. The van der Waals surface area contributed by atoms with Crippen LogP contribution in [0, 0.1) is 0 Å². The molecule has 3 rings (SSSR count). The van der Waals surface area contributed by atoms with Crippen LogP contribution in [-0.4, -0.2) is 4.98 Å². The van der Waals surface area contributed by atoms with Gasteiger partial charge in [0.05, 0.1) is 5.69 Å². The summed E-state index contributed by atoms with van der Waals surface area (Å²) < 4.78 is 0. The smallest absolute Gasteiger partial charge is 0.0702 e. The highest BCUT2D eigenvalue weighted by Crippen LogP contribution is 2.20. The Balaban J connectivity index is 1.39. The van der Waals surface area contributed by atoms with Crippen molar-refractivity contribution < 1.29 is 0 Å². The van der Waals surface area contributed by atoms with Crippen LogP contribution in [0.15, 0.2) is 66.9 Å². The van der Waals surface area contributed by atoms with E-state index in [1.165, 1.54) is 105 Å². The molecular weight excluding hydrogens is 422 g/mol. The molecule has 0 aliphatic rings. The lowest BCUT2D eigenvalue weighted by molar-refractivity contribution is 0.607. The number of hydrogen-bond donors (Lipinski definition) is 0. The second-order valence-corrected chi connectivity index (χ2v) is 10.2. The van der Waals surface area contributed by atoms with Gasteiger partial charge in [0.2, 0.25) is 0 Å². The maximum absolute atomic E-state index is 4.74. The molecule has 2 aromatic carbocycles. The average Bonchev–Trinajstić information content (AvgIpc) is 2.91. The van der Waals surface area contributed by atoms with E-state index in [4.69, 9.17) is 4.98 Å². The van der Waals surface area contributed by atoms with E-state index >= 15 is 0 Å². The third-order valence-corrected chi connectivity index (χ3v) is 7.19. The Kier molecular flexibility index (Phi) is 12.7. The zero-order valence-electron chi connectivity index (χ0n) is 22.4. The average molecular weight is 470 g/mol. The third kappa shape index (κ3) is 10.4. The zero-order valence-corrected chi connectivity index (χ0v) is 22.4. The molecule has 0 unspecified atom stereocenters. The van der Waals surface area contributed by atoms with Crippen molar-refractivity contribution in [2.75, 3.05) is 0 Å². The SMILES string of the molecule is CCCCCCCCc1ccc(CCc2ccc(-c3ccc(CCCCCCC)cn3)cc2)cc1. The summed E-state index contributed by atoms with van der Waals surface area (Å²) in [4.78, 5) is 4.74. The van der Waals surface area contributed by atoms with E-state index in [-0.39, 0.29) is 0 Å². The number of nitrogens with zero attached hydrogens (tertiary/aromatic N) is 1. The minimum absolute atomic E-state index is 1.08. The van der Waals surface area contributed by atoms with E-state index in [0.29, 0.717) is 0 Å². The zero-order chi connectivity index (χ0) is 24.6. The van der Waals surface area contributed by atoms with Gasteiger partial charge in [0.25, 0.3) is 0 Å². The molecule has 0 radical (unpaired) electrons. The van der Waals surface area contributed by atoms with Gasteiger partial charge in [-0.2, -0.15) is 0 Å². The van der Waals surface area contributed by atoms with Gasteiger partial charge in [-0.3, -0.25) is 4.98 Å². The molecular formula is C34H47N. The number of benzene rings is 2. The van der Waals surface area contributed by atoms with Crippen LogP contribution in [-0.2, 0) is 25.7 Å². The van der Waals surface area contributed by atoms with E-state index in [2.05, 4.69) is 80.7 Å². The number of unbranched alkanes of at least 4 members (excludes halogenated alkanes) is 9. The molecule has 0 atom stereocenters. The molecule has 0 fully saturated rings. The normalized spacial score (nSPS) is 11.1. The molecule has 3 aromatic rings. The van der Waals surface area contributed by atoms with Crippen LogP contribution in [0.3, 0.4) is 0 Å². The molecule has 1 nitrogen and oxygen atoms in total. The van der Waals surface area contributed by atoms with Crippen molar-refractivity contribution in [3.8, 4) is 11.3 Å². The van der Waals surface area contributed by atoms with Gasteiger partial charge in [-0.1, -0.05) is 126 Å². The van der Waals surface area contributed by atoms with Gasteiger partial charge >= 0.3 is 0 Å². The quantitative estimate of drug-likeness (QED) is 0.179. The monoisotopic (exact) mass is 469 g/mol. The summed E-state index contributed by atoms with van der Waals surface area (Å²) in [5.74, 6) is 0. The Morgan fingerprint density at radius 1 is 0.429 bits per heavy atom. The van der Waals surface area contributed by atoms with Crippen LogP contribution in [0.5, 0.6) is 0 Å². The van der Waals surface area contributed by atoms with Crippen LogP contribution < -0.4 is 0 Å². The standard InChI is InChI=1S/C34H47N/c1-3-5-7-9-11-12-14-29-16-18-30(19-17-29)20-21-31-22-25-33(26-23-31)34-27-24-32(28-35-34)15-13-10-8-6-4-2/h16-19,22-28H,3-15,20-21H2,1-2H3. The van der Waals surface area contributed by atoms with Gasteiger partial charge in [-0.05, 0) is 66.8 Å². The Morgan fingerprint density at radius 2 is 0.857 bits per heavy atom. The lowest BCUT2D eigenvalue weighted by Crippen LogP contribution is -1.93. The van der Waals surface area contributed by atoms with Crippen LogP contribution in [0.1, 0.15) is 107 Å². The van der Waals surface area contributed by atoms with Crippen LogP contribution in [0.2, 0.25) is 0 Å². The fourth-order valence-corrected chi connectivity index (χ4v) is 4.79. The molecule has 0 spiro atoms. The van der Waals surface area contributed by atoms with Crippen molar-refractivity contribution in [3.05, 3.63) is 89.1 Å². The molecule has 188 valence electrons. The molecule has 0 amide bonds. The van der Waals surface area contributed by atoms with Crippen molar-refractivity contribution >= 4 is 0 Å². The van der Waals surface area contributed by atoms with Crippen LogP contribution >= 0.6 is 0 Å². The second kappa shape index (κ2) is 16.3. The Hall–Kier alpha value is -2.41. The predicted molar refractivity (Wildman–Crippen MR) is 153 cm³/mol. The first-order chi connectivity index (χ1) is 17.3. The fourth-order valence-electron chi connectivity index (χ4n) is 4.79. The summed E-state index contributed by atoms with van der Waals surface area (Å²) in [5.41, 5.74) is 7.97. The predicted octanol–water partition coefficient (Wildman–Crippen LogP) is 9.95. The molecule has 0 saturated carbocycles. The molecule has 1 heteroatoms. The summed E-state index contributed by atoms with van der Waals surface area (Å²) in [6, 6.07) is 22.8. The third-order valence-electron chi connectivity index (χ3n) is 7.19. The molecule has 1 aromatic heterocycles. The second-order valence-electron chi connectivity index (χ2n) is 10.2. The molecule has 0 bridgehead atoms. The van der Waals surface area contributed by atoms with Crippen molar-refractivity contribution in [2.45, 2.75) is 110 Å². The molecule has 0 N–H and O–H groups in total. The van der Waals surface area contributed by atoms with Crippen LogP contribution in [0.25, 0.3) is 11.3 Å². The van der Waals surface area contributed by atoms with Gasteiger partial charge < -0.3 is 0 Å². The minimum atomic E-state index is 1.08. The van der Waals surface area contributed by atoms with E-state index < -0.39 is 0 Å². The fraction of sp³-hybridized carbons (Fsp3) is 0.500. The molecule has 0 saturated heterocycles. The van der Waals surface area contributed by atoms with Crippen molar-refractivity contribution in [1.29, 1.82) is 0 Å². The lowest BCUT2D eigenvalue weighted by Gasteiger charge is -2.07. The van der Waals surface area contributed by atoms with Crippen molar-refractivity contribution in [1.82, 2.24) is 4.98 Å². The van der Waals surface area contributed by atoms with Gasteiger partial charge in [0.1, 0.15) is 0 Å². The number of pyridine rings is 1. The summed E-state index contributed by atoms with van der Waals surface area (Å²) >= 11 is 0. The highest BCUT2D eigenvalue weighted by atomic mass is 14.7. The van der Waals surface area contributed by atoms with Crippen LogP contribution in [0.4, 0.5) is 0 Å². The summed E-state index contributed by atoms with van der Waals surface area (Å²) in [6.45, 7) is 4.55. The van der Waals surface area contributed by atoms with E-state index in [9.17, 15) is 0 Å². The summed E-state index contributed by atoms with van der Waals surface area (Å²) in [6.07, 6.45) is 21.5. The largest absolute Gasteiger partial charge is 0.256 e. The van der Waals surface area contributed by atoms with E-state index in [0.717, 1.165) is 25.0 Å². The van der Waals surface area contributed by atoms with Gasteiger partial charge in [-0.25, -0.2) is 0 Å². The van der Waals surface area contributed by atoms with Crippen molar-refractivity contribution in [2.24, 2.45) is 0 Å². The highest BCUT2D eigenvalue weighted by molar-refractivity contribution is 5.59. The first-order valence-corrected chi connectivity index (χ1v) is 14.4. The summed E-state index contributed by atoms with van der Waals surface area (Å²) in [5, 5.41) is 0. The first-order valence-electron chi connectivity index (χ1n) is 14.4.